The van der Waals surface area contributed by atoms with Gasteiger partial charge in [0.15, 0.2) is 11.5 Å². The zero-order valence-corrected chi connectivity index (χ0v) is 19.5. The minimum absolute atomic E-state index is 0.0474. The average molecular weight is 446 g/mol. The Morgan fingerprint density at radius 1 is 0.818 bits per heavy atom. The van der Waals surface area contributed by atoms with Crippen molar-refractivity contribution in [1.82, 2.24) is 5.32 Å². The molecule has 1 fully saturated rings. The lowest BCUT2D eigenvalue weighted by Gasteiger charge is -2.30. The lowest BCUT2D eigenvalue weighted by molar-refractivity contribution is 0.0480. The lowest BCUT2D eigenvalue weighted by atomic mass is 9.93. The van der Waals surface area contributed by atoms with E-state index in [1.165, 1.54) is 12.8 Å². The number of nitrogens with one attached hydrogen (secondary N) is 1. The number of benzene rings is 3. The van der Waals surface area contributed by atoms with Gasteiger partial charge in [-0.05, 0) is 92.0 Å². The summed E-state index contributed by atoms with van der Waals surface area (Å²) in [6.07, 6.45) is 4.50. The molecule has 0 aromatic heterocycles. The van der Waals surface area contributed by atoms with Crippen LogP contribution in [-0.4, -0.2) is 32.3 Å². The number of hydrogen-bond acceptors (Lipinski definition) is 5. The van der Waals surface area contributed by atoms with E-state index in [9.17, 15) is 4.79 Å². The van der Waals surface area contributed by atoms with Gasteiger partial charge >= 0.3 is 0 Å². The van der Waals surface area contributed by atoms with Gasteiger partial charge in [0.05, 0.1) is 14.2 Å². The number of ketones is 1. The van der Waals surface area contributed by atoms with Gasteiger partial charge in [-0.15, -0.1) is 0 Å². The van der Waals surface area contributed by atoms with E-state index in [4.69, 9.17) is 14.2 Å². The molecule has 3 aromatic rings. The first-order chi connectivity index (χ1) is 16.0. The summed E-state index contributed by atoms with van der Waals surface area (Å²) in [4.78, 5) is 13.5. The molecule has 1 aliphatic heterocycles. The first-order valence-corrected chi connectivity index (χ1v) is 11.4. The third-order valence-electron chi connectivity index (χ3n) is 6.16. The number of ether oxygens (including phenoxy) is 3. The van der Waals surface area contributed by atoms with Crippen LogP contribution in [0.1, 0.15) is 48.5 Å². The van der Waals surface area contributed by atoms with Crippen molar-refractivity contribution in [3.05, 3.63) is 77.9 Å². The van der Waals surface area contributed by atoms with Crippen molar-refractivity contribution in [2.75, 3.05) is 20.8 Å². The van der Waals surface area contributed by atoms with Gasteiger partial charge in [-0.25, -0.2) is 0 Å². The smallest absolute Gasteiger partial charge is 0.193 e. The SMILES string of the molecule is COc1ccc(-c2cc(OC)ccc2C(=O)c2ccc(OC3(C)CCCCCN3)cc2)cc1. The van der Waals surface area contributed by atoms with Crippen LogP contribution >= 0.6 is 0 Å². The zero-order valence-electron chi connectivity index (χ0n) is 19.5. The van der Waals surface area contributed by atoms with E-state index in [1.807, 2.05) is 66.7 Å². The minimum Gasteiger partial charge on any atom is -0.497 e. The van der Waals surface area contributed by atoms with Crippen LogP contribution in [0.15, 0.2) is 66.7 Å². The largest absolute Gasteiger partial charge is 0.497 e. The van der Waals surface area contributed by atoms with Crippen molar-refractivity contribution in [3.8, 4) is 28.4 Å². The second-order valence-corrected chi connectivity index (χ2v) is 8.56. The Labute approximate surface area is 195 Å². The van der Waals surface area contributed by atoms with Crippen molar-refractivity contribution >= 4 is 5.78 Å². The molecule has 33 heavy (non-hydrogen) atoms. The van der Waals surface area contributed by atoms with Crippen LogP contribution in [0.2, 0.25) is 0 Å². The van der Waals surface area contributed by atoms with Crippen molar-refractivity contribution in [2.24, 2.45) is 0 Å². The number of carbonyl (C=O) groups excluding carboxylic acids is 1. The molecule has 5 heteroatoms. The molecule has 1 saturated heterocycles. The quantitative estimate of drug-likeness (QED) is 0.462. The Hall–Kier alpha value is -3.31. The van der Waals surface area contributed by atoms with Crippen molar-refractivity contribution < 1.29 is 19.0 Å². The van der Waals surface area contributed by atoms with Gasteiger partial charge in [-0.1, -0.05) is 18.6 Å². The summed E-state index contributed by atoms with van der Waals surface area (Å²) in [5.74, 6) is 2.18. The number of hydrogen-bond donors (Lipinski definition) is 1. The number of rotatable bonds is 7. The summed E-state index contributed by atoms with van der Waals surface area (Å²) in [5.41, 5.74) is 2.59. The van der Waals surface area contributed by atoms with Gasteiger partial charge in [0.2, 0.25) is 0 Å². The fourth-order valence-corrected chi connectivity index (χ4v) is 4.24. The molecule has 1 N–H and O–H groups in total. The molecule has 0 spiro atoms. The summed E-state index contributed by atoms with van der Waals surface area (Å²) in [6.45, 7) is 3.05. The van der Waals surface area contributed by atoms with Gasteiger partial charge in [0.1, 0.15) is 17.2 Å². The molecule has 1 atom stereocenters. The van der Waals surface area contributed by atoms with E-state index < -0.39 is 0 Å². The second kappa shape index (κ2) is 10.1. The summed E-state index contributed by atoms with van der Waals surface area (Å²) in [6, 6.07) is 20.6. The first-order valence-electron chi connectivity index (χ1n) is 11.4. The van der Waals surface area contributed by atoms with E-state index in [0.29, 0.717) is 16.9 Å². The van der Waals surface area contributed by atoms with Crippen LogP contribution in [0.25, 0.3) is 11.1 Å². The Balaban J connectivity index is 1.59. The number of methoxy groups -OCH3 is 2. The summed E-state index contributed by atoms with van der Waals surface area (Å²) in [7, 11) is 3.26. The summed E-state index contributed by atoms with van der Waals surface area (Å²) in [5, 5.41) is 3.50. The predicted octanol–water partition coefficient (Wildman–Crippen LogP) is 5.86. The van der Waals surface area contributed by atoms with Crippen molar-refractivity contribution in [2.45, 2.75) is 38.3 Å². The molecular weight excluding hydrogens is 414 g/mol. The fourth-order valence-electron chi connectivity index (χ4n) is 4.24. The van der Waals surface area contributed by atoms with Crippen LogP contribution in [0.4, 0.5) is 0 Å². The van der Waals surface area contributed by atoms with Gasteiger partial charge in [-0.2, -0.15) is 0 Å². The molecule has 1 unspecified atom stereocenters. The van der Waals surface area contributed by atoms with Gasteiger partial charge in [0.25, 0.3) is 0 Å². The summed E-state index contributed by atoms with van der Waals surface area (Å²) >= 11 is 0. The van der Waals surface area contributed by atoms with E-state index >= 15 is 0 Å². The Kier molecular flexibility index (Phi) is 6.99. The predicted molar refractivity (Wildman–Crippen MR) is 130 cm³/mol. The molecule has 172 valence electrons. The molecular formula is C28H31NO4. The van der Waals surface area contributed by atoms with Crippen molar-refractivity contribution in [1.29, 1.82) is 0 Å². The normalized spacial score (nSPS) is 18.3. The van der Waals surface area contributed by atoms with Gasteiger partial charge in [-0.3, -0.25) is 10.1 Å². The minimum atomic E-state index is -0.375. The van der Waals surface area contributed by atoms with Gasteiger partial charge < -0.3 is 14.2 Å². The maximum atomic E-state index is 13.5. The highest BCUT2D eigenvalue weighted by atomic mass is 16.5. The molecule has 0 bridgehead atoms. The van der Waals surface area contributed by atoms with Crippen LogP contribution < -0.4 is 19.5 Å². The highest BCUT2D eigenvalue weighted by molar-refractivity contribution is 6.13. The van der Waals surface area contributed by atoms with Crippen LogP contribution in [0.5, 0.6) is 17.2 Å². The summed E-state index contributed by atoms with van der Waals surface area (Å²) < 4.78 is 16.9. The number of carbonyl (C=O) groups is 1. The maximum Gasteiger partial charge on any atom is 0.193 e. The third kappa shape index (κ3) is 5.37. The van der Waals surface area contributed by atoms with Gasteiger partial charge in [0, 0.05) is 17.5 Å². The Morgan fingerprint density at radius 3 is 2.18 bits per heavy atom. The molecule has 1 aliphatic rings. The molecule has 3 aromatic carbocycles. The average Bonchev–Trinajstić information content (AvgIpc) is 3.08. The third-order valence-corrected chi connectivity index (χ3v) is 6.16. The monoisotopic (exact) mass is 445 g/mol. The van der Waals surface area contributed by atoms with E-state index in [2.05, 4.69) is 12.2 Å². The molecule has 0 aliphatic carbocycles. The first kappa shape index (κ1) is 22.9. The molecule has 4 rings (SSSR count). The standard InChI is InChI=1S/C28H31NO4/c1-28(17-5-4-6-18-29-28)33-23-13-9-21(10-14-23)27(30)25-16-15-24(32-3)19-26(25)20-7-11-22(31-2)12-8-20/h7-16,19,29H,4-6,17-18H2,1-3H3. The van der Waals surface area contributed by atoms with E-state index in [1.54, 1.807) is 14.2 Å². The highest BCUT2D eigenvalue weighted by Crippen LogP contribution is 2.32. The molecule has 0 saturated carbocycles. The molecule has 0 amide bonds. The van der Waals surface area contributed by atoms with Crippen LogP contribution in [-0.2, 0) is 0 Å². The molecule has 5 nitrogen and oxygen atoms in total. The van der Waals surface area contributed by atoms with Crippen LogP contribution in [0, 0.1) is 0 Å². The molecule has 1 heterocycles. The van der Waals surface area contributed by atoms with E-state index in [0.717, 1.165) is 42.0 Å². The highest BCUT2D eigenvalue weighted by Gasteiger charge is 2.27. The second-order valence-electron chi connectivity index (χ2n) is 8.56. The van der Waals surface area contributed by atoms with Crippen LogP contribution in [0.3, 0.4) is 0 Å². The van der Waals surface area contributed by atoms with Crippen molar-refractivity contribution in [3.63, 3.8) is 0 Å². The molecule has 0 radical (unpaired) electrons. The van der Waals surface area contributed by atoms with E-state index in [-0.39, 0.29) is 11.5 Å². The zero-order chi connectivity index (χ0) is 23.3. The maximum absolute atomic E-state index is 13.5. The Morgan fingerprint density at radius 2 is 1.48 bits per heavy atom. The lowest BCUT2D eigenvalue weighted by Crippen LogP contribution is -2.46. The topological polar surface area (TPSA) is 56.8 Å². The fraction of sp³-hybridized carbons (Fsp3) is 0.321. The Bertz CT molecular complexity index is 1080.